The molecular weight excluding hydrogens is 242 g/mol. The first-order valence-electron chi connectivity index (χ1n) is 6.47. The van der Waals surface area contributed by atoms with E-state index in [1.165, 1.54) is 0 Å². The Balaban J connectivity index is 0.00000154. The second-order valence-corrected chi connectivity index (χ2v) is 4.64. The predicted octanol–water partition coefficient (Wildman–Crippen LogP) is 0.881. The summed E-state index contributed by atoms with van der Waals surface area (Å²) >= 11 is 0. The molecule has 0 aliphatic heterocycles. The molecule has 0 saturated heterocycles. The monoisotopic (exact) mass is 269 g/mol. The van der Waals surface area contributed by atoms with Gasteiger partial charge in [0, 0.05) is 25.0 Å². The first-order valence-corrected chi connectivity index (χ1v) is 6.47. The number of aliphatic hydroxyl groups is 2. The molecular formula is C14H27N3O2. The number of aliphatic hydroxyl groups excluding tert-OH is 2. The summed E-state index contributed by atoms with van der Waals surface area (Å²) in [5, 5.41) is 20.2. The summed E-state index contributed by atoms with van der Waals surface area (Å²) in [5.74, 6) is 0.500. The van der Waals surface area contributed by atoms with Crippen LogP contribution in [-0.2, 0) is 0 Å². The van der Waals surface area contributed by atoms with E-state index in [4.69, 9.17) is 16.6 Å². The summed E-state index contributed by atoms with van der Waals surface area (Å²) in [7, 11) is 1.00. The predicted molar refractivity (Wildman–Crippen MR) is 80.9 cm³/mol. The highest BCUT2D eigenvalue weighted by molar-refractivity contribution is 5.51. The lowest BCUT2D eigenvalue weighted by Crippen LogP contribution is -2.33. The fourth-order valence-electron chi connectivity index (χ4n) is 1.60. The van der Waals surface area contributed by atoms with E-state index in [9.17, 15) is 5.11 Å². The topological polar surface area (TPSA) is 105 Å². The molecule has 3 unspecified atom stereocenters. The van der Waals surface area contributed by atoms with Gasteiger partial charge in [-0.1, -0.05) is 13.8 Å². The van der Waals surface area contributed by atoms with Crippen molar-refractivity contribution in [1.82, 2.24) is 0 Å². The van der Waals surface area contributed by atoms with Gasteiger partial charge in [-0.15, -0.1) is 0 Å². The van der Waals surface area contributed by atoms with Crippen molar-refractivity contribution in [2.45, 2.75) is 20.0 Å². The van der Waals surface area contributed by atoms with Crippen molar-refractivity contribution in [1.29, 1.82) is 0 Å². The normalized spacial score (nSPS) is 14.8. The van der Waals surface area contributed by atoms with E-state index < -0.39 is 6.10 Å². The molecule has 0 aromatic heterocycles. The van der Waals surface area contributed by atoms with E-state index in [0.717, 1.165) is 18.5 Å². The largest absolute Gasteiger partial charge is 0.400 e. The smallest absolute Gasteiger partial charge is 0.0741 e. The summed E-state index contributed by atoms with van der Waals surface area (Å²) in [5.41, 5.74) is 12.9. The minimum Gasteiger partial charge on any atom is -0.400 e. The van der Waals surface area contributed by atoms with Gasteiger partial charge in [0.2, 0.25) is 0 Å². The molecule has 0 fully saturated rings. The second-order valence-electron chi connectivity index (χ2n) is 4.64. The minimum absolute atomic E-state index is 0.182. The van der Waals surface area contributed by atoms with Gasteiger partial charge >= 0.3 is 0 Å². The van der Waals surface area contributed by atoms with E-state index in [-0.39, 0.29) is 5.92 Å². The van der Waals surface area contributed by atoms with E-state index >= 15 is 0 Å². The number of nitrogen functional groups attached to an aromatic ring is 1. The van der Waals surface area contributed by atoms with Crippen LogP contribution in [0.1, 0.15) is 13.8 Å². The highest BCUT2D eigenvalue weighted by Gasteiger charge is 2.19. The Hall–Kier alpha value is -1.30. The van der Waals surface area contributed by atoms with E-state index in [0.29, 0.717) is 19.0 Å². The van der Waals surface area contributed by atoms with Crippen molar-refractivity contribution in [2.75, 3.05) is 31.2 Å². The summed E-state index contributed by atoms with van der Waals surface area (Å²) < 4.78 is 0. The van der Waals surface area contributed by atoms with Gasteiger partial charge in [-0.3, -0.25) is 0 Å². The maximum atomic E-state index is 9.99. The molecule has 0 spiro atoms. The van der Waals surface area contributed by atoms with Crippen molar-refractivity contribution >= 4 is 11.4 Å². The van der Waals surface area contributed by atoms with Gasteiger partial charge in [-0.2, -0.15) is 0 Å². The number of nitrogens with one attached hydrogen (secondary N) is 1. The van der Waals surface area contributed by atoms with Crippen LogP contribution >= 0.6 is 0 Å². The summed E-state index contributed by atoms with van der Waals surface area (Å²) in [4.78, 5) is 0. The lowest BCUT2D eigenvalue weighted by Gasteiger charge is -2.24. The zero-order valence-electron chi connectivity index (χ0n) is 12.0. The van der Waals surface area contributed by atoms with E-state index in [2.05, 4.69) is 12.2 Å². The molecule has 3 atom stereocenters. The minimum atomic E-state index is -0.397. The van der Waals surface area contributed by atoms with Crippen LogP contribution in [0, 0.1) is 11.8 Å². The van der Waals surface area contributed by atoms with E-state index in [1.807, 2.05) is 31.2 Å². The zero-order valence-corrected chi connectivity index (χ0v) is 12.0. The molecule has 5 heteroatoms. The Labute approximate surface area is 115 Å². The van der Waals surface area contributed by atoms with Gasteiger partial charge in [0.15, 0.2) is 0 Å². The maximum absolute atomic E-state index is 9.99. The molecule has 110 valence electrons. The van der Waals surface area contributed by atoms with Crippen LogP contribution in [0.15, 0.2) is 24.3 Å². The number of benzene rings is 1. The van der Waals surface area contributed by atoms with Crippen LogP contribution in [0.25, 0.3) is 0 Å². The molecule has 0 amide bonds. The van der Waals surface area contributed by atoms with Gasteiger partial charge in [-0.25, -0.2) is 0 Å². The molecule has 1 aromatic rings. The van der Waals surface area contributed by atoms with Crippen LogP contribution in [0.4, 0.5) is 11.4 Å². The lowest BCUT2D eigenvalue weighted by atomic mass is 9.91. The Bertz CT molecular complexity index is 330. The molecule has 0 saturated carbocycles. The molecule has 19 heavy (non-hydrogen) atoms. The molecule has 0 aliphatic rings. The van der Waals surface area contributed by atoms with Gasteiger partial charge in [0.05, 0.1) is 6.10 Å². The molecule has 0 aliphatic carbocycles. The van der Waals surface area contributed by atoms with Crippen LogP contribution in [0.2, 0.25) is 0 Å². The standard InChI is InChI=1S/C13H23N3O.CH4O/c1-9(7-14)10(2)13(17)8-16-12-5-3-11(15)4-6-12;1-2/h3-6,9-10,13,16-17H,7-8,14-15H2,1-2H3;2H,1H3. The SMILES string of the molecule is CC(CN)C(C)C(O)CNc1ccc(N)cc1.CO. The molecule has 5 nitrogen and oxygen atoms in total. The first-order chi connectivity index (χ1) is 9.04. The number of hydrogen-bond acceptors (Lipinski definition) is 5. The summed E-state index contributed by atoms with van der Waals surface area (Å²) in [6, 6.07) is 7.47. The van der Waals surface area contributed by atoms with Crippen molar-refractivity contribution in [2.24, 2.45) is 17.6 Å². The van der Waals surface area contributed by atoms with Crippen molar-refractivity contribution in [3.63, 3.8) is 0 Å². The van der Waals surface area contributed by atoms with Crippen molar-refractivity contribution in [3.8, 4) is 0 Å². The first kappa shape index (κ1) is 17.7. The van der Waals surface area contributed by atoms with Crippen LogP contribution in [-0.4, -0.2) is 36.5 Å². The third-order valence-corrected chi connectivity index (χ3v) is 3.30. The van der Waals surface area contributed by atoms with Crippen molar-refractivity contribution in [3.05, 3.63) is 24.3 Å². The summed E-state index contributed by atoms with van der Waals surface area (Å²) in [6.45, 7) is 5.19. The molecule has 0 radical (unpaired) electrons. The molecule has 1 rings (SSSR count). The molecule has 0 heterocycles. The number of hydrogen-bond donors (Lipinski definition) is 5. The average molecular weight is 269 g/mol. The second kappa shape index (κ2) is 9.61. The average Bonchev–Trinajstić information content (AvgIpc) is 2.46. The van der Waals surface area contributed by atoms with Crippen molar-refractivity contribution < 1.29 is 10.2 Å². The Morgan fingerprint density at radius 3 is 2.16 bits per heavy atom. The highest BCUT2D eigenvalue weighted by atomic mass is 16.3. The van der Waals surface area contributed by atoms with Crippen LogP contribution < -0.4 is 16.8 Å². The fraction of sp³-hybridized carbons (Fsp3) is 0.571. The zero-order chi connectivity index (χ0) is 14.8. The molecule has 1 aromatic carbocycles. The van der Waals surface area contributed by atoms with Gasteiger partial charge in [0.25, 0.3) is 0 Å². The van der Waals surface area contributed by atoms with E-state index in [1.54, 1.807) is 0 Å². The Kier molecular flexibility index (Phi) is 8.95. The lowest BCUT2D eigenvalue weighted by molar-refractivity contribution is 0.100. The summed E-state index contributed by atoms with van der Waals surface area (Å²) in [6.07, 6.45) is -0.397. The number of nitrogens with two attached hydrogens (primary N) is 2. The quantitative estimate of drug-likeness (QED) is 0.493. The van der Waals surface area contributed by atoms with Gasteiger partial charge in [0.1, 0.15) is 0 Å². The van der Waals surface area contributed by atoms with Crippen LogP contribution in [0.5, 0.6) is 0 Å². The Morgan fingerprint density at radius 2 is 1.68 bits per heavy atom. The Morgan fingerprint density at radius 1 is 1.16 bits per heavy atom. The molecule has 7 N–H and O–H groups in total. The third-order valence-electron chi connectivity index (χ3n) is 3.30. The number of anilines is 2. The van der Waals surface area contributed by atoms with Gasteiger partial charge in [-0.05, 0) is 42.6 Å². The fourth-order valence-corrected chi connectivity index (χ4v) is 1.60. The highest BCUT2D eigenvalue weighted by Crippen LogP contribution is 2.16. The third kappa shape index (κ3) is 6.42. The number of rotatable bonds is 6. The van der Waals surface area contributed by atoms with Crippen LogP contribution in [0.3, 0.4) is 0 Å². The maximum Gasteiger partial charge on any atom is 0.0741 e. The molecule has 0 bridgehead atoms. The van der Waals surface area contributed by atoms with Gasteiger partial charge < -0.3 is 27.0 Å².